The highest BCUT2D eigenvalue weighted by atomic mass is 16.5. The summed E-state index contributed by atoms with van der Waals surface area (Å²) >= 11 is 0. The first-order valence-electron chi connectivity index (χ1n) is 7.32. The van der Waals surface area contributed by atoms with Crippen molar-refractivity contribution in [1.29, 1.82) is 0 Å². The Bertz CT molecular complexity index is 279. The first-order valence-corrected chi connectivity index (χ1v) is 7.32. The molecule has 104 valence electrons. The number of rotatable bonds is 6. The van der Waals surface area contributed by atoms with Crippen molar-refractivity contribution in [3.63, 3.8) is 0 Å². The van der Waals surface area contributed by atoms with Crippen molar-refractivity contribution in [2.45, 2.75) is 63.6 Å². The van der Waals surface area contributed by atoms with E-state index in [2.05, 4.69) is 17.1 Å². The maximum absolute atomic E-state index is 11.8. The summed E-state index contributed by atoms with van der Waals surface area (Å²) in [7, 11) is 1.48. The lowest BCUT2D eigenvalue weighted by Crippen LogP contribution is -2.51. The zero-order valence-electron chi connectivity index (χ0n) is 11.7. The number of hydrogen-bond donors (Lipinski definition) is 1. The van der Waals surface area contributed by atoms with E-state index in [0.29, 0.717) is 12.1 Å². The third-order valence-corrected chi connectivity index (χ3v) is 4.14. The molecule has 0 bridgehead atoms. The highest BCUT2D eigenvalue weighted by Crippen LogP contribution is 2.22. The monoisotopic (exact) mass is 254 g/mol. The van der Waals surface area contributed by atoms with Crippen LogP contribution in [0, 0.1) is 0 Å². The summed E-state index contributed by atoms with van der Waals surface area (Å²) in [4.78, 5) is 14.3. The molecular formula is C14H26N2O2. The zero-order chi connectivity index (χ0) is 13.0. The van der Waals surface area contributed by atoms with Gasteiger partial charge in [0.15, 0.2) is 0 Å². The number of methoxy groups -OCH3 is 1. The largest absolute Gasteiger partial charge is 0.468 e. The van der Waals surface area contributed by atoms with E-state index >= 15 is 0 Å². The Morgan fingerprint density at radius 2 is 2.17 bits per heavy atom. The fraction of sp³-hybridized carbons (Fsp3) is 0.929. The van der Waals surface area contributed by atoms with Gasteiger partial charge < -0.3 is 10.1 Å². The van der Waals surface area contributed by atoms with Crippen LogP contribution in [0.25, 0.3) is 0 Å². The summed E-state index contributed by atoms with van der Waals surface area (Å²) < 4.78 is 4.92. The molecule has 1 heterocycles. The fourth-order valence-electron chi connectivity index (χ4n) is 2.87. The van der Waals surface area contributed by atoms with E-state index in [4.69, 9.17) is 4.74 Å². The Balaban J connectivity index is 1.90. The molecule has 0 amide bonds. The van der Waals surface area contributed by atoms with Gasteiger partial charge in [-0.15, -0.1) is 0 Å². The molecule has 0 radical (unpaired) electrons. The zero-order valence-corrected chi connectivity index (χ0v) is 11.7. The number of hydrogen-bond acceptors (Lipinski definition) is 4. The lowest BCUT2D eigenvalue weighted by Gasteiger charge is -2.37. The molecule has 4 heteroatoms. The number of likely N-dealkylation sites (tertiary alicyclic amines) is 1. The van der Waals surface area contributed by atoms with E-state index in [-0.39, 0.29) is 12.0 Å². The van der Waals surface area contributed by atoms with E-state index in [1.165, 1.54) is 45.6 Å². The highest BCUT2D eigenvalue weighted by molar-refractivity contribution is 5.76. The molecule has 1 N–H and O–H groups in total. The van der Waals surface area contributed by atoms with Gasteiger partial charge in [-0.3, -0.25) is 9.69 Å². The summed E-state index contributed by atoms with van der Waals surface area (Å²) in [6.07, 6.45) is 7.43. The van der Waals surface area contributed by atoms with Crippen LogP contribution in [0.3, 0.4) is 0 Å². The molecule has 2 atom stereocenters. The molecule has 2 fully saturated rings. The molecule has 0 aromatic rings. The van der Waals surface area contributed by atoms with Crippen molar-refractivity contribution >= 4 is 5.97 Å². The summed E-state index contributed by atoms with van der Waals surface area (Å²) in [5.41, 5.74) is 0. The Labute approximate surface area is 110 Å². The summed E-state index contributed by atoms with van der Waals surface area (Å²) in [5, 5.41) is 3.42. The number of ether oxygens (including phenoxy) is 1. The average molecular weight is 254 g/mol. The first kappa shape index (κ1) is 13.8. The third-order valence-electron chi connectivity index (χ3n) is 4.14. The number of carbonyl (C=O) groups excluding carboxylic acids is 1. The minimum atomic E-state index is -0.144. The number of piperidine rings is 1. The molecule has 1 aliphatic heterocycles. The van der Waals surface area contributed by atoms with Crippen molar-refractivity contribution in [1.82, 2.24) is 10.2 Å². The van der Waals surface area contributed by atoms with Gasteiger partial charge in [0.25, 0.3) is 0 Å². The van der Waals surface area contributed by atoms with Crippen molar-refractivity contribution in [3.8, 4) is 0 Å². The standard InChI is InChI=1S/C14H26N2O2/c1-3-12-6-4-5-9-16(12)10-13(14(17)18-2)15-11-7-8-11/h11-13,15H,3-10H2,1-2H3. The lowest BCUT2D eigenvalue weighted by molar-refractivity contribution is -0.144. The summed E-state index contributed by atoms with van der Waals surface area (Å²) in [5.74, 6) is -0.109. The number of esters is 1. The second-order valence-electron chi connectivity index (χ2n) is 5.57. The molecule has 18 heavy (non-hydrogen) atoms. The maximum atomic E-state index is 11.8. The minimum absolute atomic E-state index is 0.109. The van der Waals surface area contributed by atoms with E-state index in [1.54, 1.807) is 0 Å². The smallest absolute Gasteiger partial charge is 0.324 e. The molecule has 0 aromatic carbocycles. The number of carbonyl (C=O) groups is 1. The molecule has 1 saturated heterocycles. The van der Waals surface area contributed by atoms with Gasteiger partial charge in [0.2, 0.25) is 0 Å². The quantitative estimate of drug-likeness (QED) is 0.730. The van der Waals surface area contributed by atoms with Crippen LogP contribution >= 0.6 is 0 Å². The topological polar surface area (TPSA) is 41.6 Å². The molecule has 4 nitrogen and oxygen atoms in total. The molecule has 0 spiro atoms. The van der Waals surface area contributed by atoms with Crippen LogP contribution < -0.4 is 5.32 Å². The van der Waals surface area contributed by atoms with Gasteiger partial charge in [0.05, 0.1) is 7.11 Å². The van der Waals surface area contributed by atoms with Gasteiger partial charge >= 0.3 is 5.97 Å². The van der Waals surface area contributed by atoms with Crippen molar-refractivity contribution < 1.29 is 9.53 Å². The predicted molar refractivity (Wildman–Crippen MR) is 71.5 cm³/mol. The van der Waals surface area contributed by atoms with E-state index in [1.807, 2.05) is 0 Å². The summed E-state index contributed by atoms with van der Waals surface area (Å²) in [6, 6.07) is 1.04. The third kappa shape index (κ3) is 3.69. The number of nitrogens with zero attached hydrogens (tertiary/aromatic N) is 1. The van der Waals surface area contributed by atoms with Gasteiger partial charge in [-0.25, -0.2) is 0 Å². The Morgan fingerprint density at radius 3 is 2.78 bits per heavy atom. The van der Waals surface area contributed by atoms with Crippen LogP contribution in [0.4, 0.5) is 0 Å². The van der Waals surface area contributed by atoms with Crippen molar-refractivity contribution in [2.24, 2.45) is 0 Å². The second kappa shape index (κ2) is 6.53. The van der Waals surface area contributed by atoms with Crippen LogP contribution in [-0.2, 0) is 9.53 Å². The average Bonchev–Trinajstić information content (AvgIpc) is 3.21. The fourth-order valence-corrected chi connectivity index (χ4v) is 2.87. The van der Waals surface area contributed by atoms with Crippen LogP contribution in [-0.4, -0.2) is 49.2 Å². The van der Waals surface area contributed by atoms with Crippen LogP contribution in [0.2, 0.25) is 0 Å². The molecule has 1 saturated carbocycles. The Hall–Kier alpha value is -0.610. The van der Waals surface area contributed by atoms with Crippen LogP contribution in [0.1, 0.15) is 45.4 Å². The maximum Gasteiger partial charge on any atom is 0.324 e. The minimum Gasteiger partial charge on any atom is -0.468 e. The normalized spacial score (nSPS) is 26.9. The highest BCUT2D eigenvalue weighted by Gasteiger charge is 2.32. The lowest BCUT2D eigenvalue weighted by atomic mass is 9.99. The molecule has 2 rings (SSSR count). The predicted octanol–water partition coefficient (Wildman–Crippen LogP) is 1.54. The van der Waals surface area contributed by atoms with Gasteiger partial charge in [0, 0.05) is 18.6 Å². The summed E-state index contributed by atoms with van der Waals surface area (Å²) in [6.45, 7) is 4.17. The van der Waals surface area contributed by atoms with Crippen molar-refractivity contribution in [2.75, 3.05) is 20.2 Å². The first-order chi connectivity index (χ1) is 8.74. The van der Waals surface area contributed by atoms with E-state index in [0.717, 1.165) is 13.1 Å². The number of nitrogens with one attached hydrogen (secondary N) is 1. The van der Waals surface area contributed by atoms with Gasteiger partial charge in [-0.05, 0) is 38.6 Å². The van der Waals surface area contributed by atoms with Crippen LogP contribution in [0.5, 0.6) is 0 Å². The molecule has 2 aliphatic rings. The van der Waals surface area contributed by atoms with Gasteiger partial charge in [-0.1, -0.05) is 13.3 Å². The SMILES string of the molecule is CCC1CCCCN1CC(NC1CC1)C(=O)OC. The van der Waals surface area contributed by atoms with Crippen LogP contribution in [0.15, 0.2) is 0 Å². The molecule has 1 aliphatic carbocycles. The molecule has 2 unspecified atom stereocenters. The van der Waals surface area contributed by atoms with Crippen molar-refractivity contribution in [3.05, 3.63) is 0 Å². The van der Waals surface area contributed by atoms with Gasteiger partial charge in [0.1, 0.15) is 6.04 Å². The Morgan fingerprint density at radius 1 is 1.39 bits per heavy atom. The van der Waals surface area contributed by atoms with E-state index < -0.39 is 0 Å². The second-order valence-corrected chi connectivity index (χ2v) is 5.57. The van der Waals surface area contributed by atoms with Gasteiger partial charge in [-0.2, -0.15) is 0 Å². The molecule has 0 aromatic heterocycles. The molecular weight excluding hydrogens is 228 g/mol. The van der Waals surface area contributed by atoms with E-state index in [9.17, 15) is 4.79 Å². The Kier molecular flexibility index (Phi) is 5.01.